The highest BCUT2D eigenvalue weighted by atomic mass is 32.2. The van der Waals surface area contributed by atoms with E-state index in [9.17, 15) is 8.42 Å². The minimum Gasteiger partial charge on any atom is -0.481 e. The predicted molar refractivity (Wildman–Crippen MR) is 54.0 cm³/mol. The molecule has 0 aliphatic rings. The highest BCUT2D eigenvalue weighted by molar-refractivity contribution is 7.92. The van der Waals surface area contributed by atoms with Crippen LogP contribution in [0.15, 0.2) is 12.1 Å². The van der Waals surface area contributed by atoms with Gasteiger partial charge in [-0.15, -0.1) is 0 Å². The maximum Gasteiger partial charge on any atom is 0.230 e. The summed E-state index contributed by atoms with van der Waals surface area (Å²) in [6.07, 6.45) is 1.07. The molecule has 0 radical (unpaired) electrons. The van der Waals surface area contributed by atoms with Crippen molar-refractivity contribution in [1.82, 2.24) is 4.98 Å². The average molecular weight is 216 g/mol. The smallest absolute Gasteiger partial charge is 0.230 e. The quantitative estimate of drug-likeness (QED) is 0.810. The summed E-state index contributed by atoms with van der Waals surface area (Å²) < 4.78 is 29.0. The van der Waals surface area contributed by atoms with Gasteiger partial charge in [-0.25, -0.2) is 8.42 Å². The first-order chi connectivity index (χ1) is 6.42. The summed E-state index contributed by atoms with van der Waals surface area (Å²) in [6.45, 7) is 1.83. The number of hydrogen-bond donors (Lipinski definition) is 1. The molecule has 1 rings (SSSR count). The first-order valence-corrected chi connectivity index (χ1v) is 5.81. The molecular formula is C8H12N2O3S. The standard InChI is InChI=1S/C8H12N2O3S/c1-6-4-5-7(9-8(6)13-2)10-14(3,11)12/h4-5H,1-3H3,(H,9,10). The Morgan fingerprint density at radius 2 is 2.07 bits per heavy atom. The molecule has 0 bridgehead atoms. The van der Waals surface area contributed by atoms with Crippen molar-refractivity contribution in [3.8, 4) is 5.88 Å². The van der Waals surface area contributed by atoms with Gasteiger partial charge in [-0.05, 0) is 13.0 Å². The van der Waals surface area contributed by atoms with E-state index >= 15 is 0 Å². The molecule has 0 aromatic carbocycles. The summed E-state index contributed by atoms with van der Waals surface area (Å²) in [4.78, 5) is 3.96. The van der Waals surface area contributed by atoms with Gasteiger partial charge in [0, 0.05) is 5.56 Å². The fourth-order valence-electron chi connectivity index (χ4n) is 0.963. The lowest BCUT2D eigenvalue weighted by Crippen LogP contribution is -2.11. The summed E-state index contributed by atoms with van der Waals surface area (Å²) in [5, 5.41) is 0. The summed E-state index contributed by atoms with van der Waals surface area (Å²) >= 11 is 0. The van der Waals surface area contributed by atoms with Gasteiger partial charge >= 0.3 is 0 Å². The minimum absolute atomic E-state index is 0.259. The van der Waals surface area contributed by atoms with Crippen LogP contribution in [0.25, 0.3) is 0 Å². The Morgan fingerprint density at radius 3 is 2.57 bits per heavy atom. The number of nitrogens with one attached hydrogen (secondary N) is 1. The summed E-state index contributed by atoms with van der Waals surface area (Å²) in [5.74, 6) is 0.675. The zero-order chi connectivity index (χ0) is 10.8. The molecule has 0 aliphatic carbocycles. The number of anilines is 1. The van der Waals surface area contributed by atoms with Crippen molar-refractivity contribution < 1.29 is 13.2 Å². The van der Waals surface area contributed by atoms with Gasteiger partial charge in [0.1, 0.15) is 5.82 Å². The number of hydrogen-bond acceptors (Lipinski definition) is 4. The Morgan fingerprint density at radius 1 is 1.43 bits per heavy atom. The van der Waals surface area contributed by atoms with Crippen LogP contribution in [0.3, 0.4) is 0 Å². The fraction of sp³-hybridized carbons (Fsp3) is 0.375. The highest BCUT2D eigenvalue weighted by Gasteiger charge is 2.05. The Balaban J connectivity index is 3.01. The van der Waals surface area contributed by atoms with Gasteiger partial charge in [0.25, 0.3) is 0 Å². The van der Waals surface area contributed by atoms with Crippen LogP contribution in [0.4, 0.5) is 5.82 Å². The number of methoxy groups -OCH3 is 1. The Kier molecular flexibility index (Phi) is 2.95. The maximum atomic E-state index is 10.9. The van der Waals surface area contributed by atoms with Crippen LogP contribution in [-0.4, -0.2) is 26.8 Å². The largest absolute Gasteiger partial charge is 0.481 e. The minimum atomic E-state index is -3.28. The van der Waals surface area contributed by atoms with E-state index in [4.69, 9.17) is 4.74 Å². The number of sulfonamides is 1. The Bertz CT molecular complexity index is 428. The number of pyridine rings is 1. The fourth-order valence-corrected chi connectivity index (χ4v) is 1.46. The number of aryl methyl sites for hydroxylation is 1. The van der Waals surface area contributed by atoms with E-state index < -0.39 is 10.0 Å². The highest BCUT2D eigenvalue weighted by Crippen LogP contribution is 2.17. The van der Waals surface area contributed by atoms with Gasteiger partial charge < -0.3 is 4.74 Å². The molecule has 5 nitrogen and oxygen atoms in total. The predicted octanol–water partition coefficient (Wildman–Crippen LogP) is 0.770. The lowest BCUT2D eigenvalue weighted by Gasteiger charge is -2.06. The molecule has 1 aromatic heterocycles. The number of aromatic nitrogens is 1. The molecule has 1 aromatic rings. The van der Waals surface area contributed by atoms with Crippen LogP contribution in [0, 0.1) is 6.92 Å². The van der Waals surface area contributed by atoms with Crippen molar-refractivity contribution in [2.75, 3.05) is 18.1 Å². The van der Waals surface area contributed by atoms with Crippen molar-refractivity contribution in [3.63, 3.8) is 0 Å². The lowest BCUT2D eigenvalue weighted by atomic mass is 10.3. The third kappa shape index (κ3) is 2.88. The molecule has 0 saturated heterocycles. The second kappa shape index (κ2) is 3.83. The van der Waals surface area contributed by atoms with Crippen LogP contribution < -0.4 is 9.46 Å². The summed E-state index contributed by atoms with van der Waals surface area (Å²) in [5.41, 5.74) is 0.853. The summed E-state index contributed by atoms with van der Waals surface area (Å²) in [7, 11) is -1.80. The molecule has 0 atom stereocenters. The van der Waals surface area contributed by atoms with Gasteiger partial charge in [0.2, 0.25) is 15.9 Å². The first kappa shape index (κ1) is 10.8. The van der Waals surface area contributed by atoms with Crippen LogP contribution >= 0.6 is 0 Å². The maximum absolute atomic E-state index is 10.9. The number of rotatable bonds is 3. The molecule has 6 heteroatoms. The molecule has 0 fully saturated rings. The zero-order valence-electron chi connectivity index (χ0n) is 8.23. The van der Waals surface area contributed by atoms with Crippen LogP contribution in [-0.2, 0) is 10.0 Å². The van der Waals surface area contributed by atoms with E-state index in [0.29, 0.717) is 5.88 Å². The molecule has 0 saturated carbocycles. The van der Waals surface area contributed by atoms with Crippen molar-refractivity contribution in [1.29, 1.82) is 0 Å². The molecule has 1 N–H and O–H groups in total. The molecular weight excluding hydrogens is 204 g/mol. The SMILES string of the molecule is COc1nc(NS(C)(=O)=O)ccc1C. The second-order valence-electron chi connectivity index (χ2n) is 2.90. The zero-order valence-corrected chi connectivity index (χ0v) is 9.05. The lowest BCUT2D eigenvalue weighted by molar-refractivity contribution is 0.395. The first-order valence-electron chi connectivity index (χ1n) is 3.92. The Hall–Kier alpha value is -1.30. The number of ether oxygens (including phenoxy) is 1. The summed E-state index contributed by atoms with van der Waals surface area (Å²) in [6, 6.07) is 3.32. The van der Waals surface area contributed by atoms with Gasteiger partial charge in [-0.3, -0.25) is 4.72 Å². The van der Waals surface area contributed by atoms with Crippen molar-refractivity contribution in [2.24, 2.45) is 0 Å². The van der Waals surface area contributed by atoms with Crippen molar-refractivity contribution in [2.45, 2.75) is 6.92 Å². The third-order valence-electron chi connectivity index (χ3n) is 1.53. The molecule has 0 aliphatic heterocycles. The van der Waals surface area contributed by atoms with Crippen LogP contribution in [0.5, 0.6) is 5.88 Å². The molecule has 1 heterocycles. The van der Waals surface area contributed by atoms with Crippen LogP contribution in [0.2, 0.25) is 0 Å². The van der Waals surface area contributed by atoms with Crippen LogP contribution in [0.1, 0.15) is 5.56 Å². The topological polar surface area (TPSA) is 68.3 Å². The Labute approximate surface area is 83.2 Å². The monoisotopic (exact) mass is 216 g/mol. The van der Waals surface area contributed by atoms with Crippen molar-refractivity contribution >= 4 is 15.8 Å². The molecule has 78 valence electrons. The van der Waals surface area contributed by atoms with Gasteiger partial charge in [-0.2, -0.15) is 4.98 Å². The third-order valence-corrected chi connectivity index (χ3v) is 2.11. The van der Waals surface area contributed by atoms with E-state index in [0.717, 1.165) is 11.8 Å². The van der Waals surface area contributed by atoms with E-state index in [2.05, 4.69) is 9.71 Å². The van der Waals surface area contributed by atoms with Gasteiger partial charge in [0.15, 0.2) is 0 Å². The number of nitrogens with zero attached hydrogens (tertiary/aromatic N) is 1. The van der Waals surface area contributed by atoms with Gasteiger partial charge in [0.05, 0.1) is 13.4 Å². The molecule has 0 unspecified atom stereocenters. The molecule has 0 spiro atoms. The van der Waals surface area contributed by atoms with E-state index in [-0.39, 0.29) is 5.82 Å². The van der Waals surface area contributed by atoms with E-state index in [1.807, 2.05) is 6.92 Å². The van der Waals surface area contributed by atoms with E-state index in [1.165, 1.54) is 7.11 Å². The van der Waals surface area contributed by atoms with Gasteiger partial charge in [-0.1, -0.05) is 6.07 Å². The van der Waals surface area contributed by atoms with Crippen molar-refractivity contribution in [3.05, 3.63) is 17.7 Å². The normalized spacial score (nSPS) is 11.1. The second-order valence-corrected chi connectivity index (χ2v) is 4.65. The molecule has 14 heavy (non-hydrogen) atoms. The average Bonchev–Trinajstić information content (AvgIpc) is 2.06. The van der Waals surface area contributed by atoms with E-state index in [1.54, 1.807) is 12.1 Å². The molecule has 0 amide bonds.